The van der Waals surface area contributed by atoms with Crippen LogP contribution in [0.25, 0.3) is 11.0 Å². The van der Waals surface area contributed by atoms with Gasteiger partial charge in [-0.05, 0) is 19.9 Å². The smallest absolute Gasteiger partial charge is 0.242 e. The number of pyridine rings is 1. The average Bonchev–Trinajstić information content (AvgIpc) is 2.61. The number of rotatable bonds is 3. The molecule has 0 atom stereocenters. The highest BCUT2D eigenvalue weighted by Crippen LogP contribution is 2.21. The van der Waals surface area contributed by atoms with Crippen molar-refractivity contribution in [2.45, 2.75) is 19.4 Å². The van der Waals surface area contributed by atoms with Crippen molar-refractivity contribution in [1.29, 1.82) is 0 Å². The van der Waals surface area contributed by atoms with E-state index in [1.807, 2.05) is 17.7 Å². The molecule has 0 radical (unpaired) electrons. The van der Waals surface area contributed by atoms with Crippen molar-refractivity contribution in [1.82, 2.24) is 14.5 Å². The fraction of sp³-hybridized carbons (Fsp3) is 0.364. The summed E-state index contributed by atoms with van der Waals surface area (Å²) in [6.45, 7) is 3.41. The zero-order valence-corrected chi connectivity index (χ0v) is 10.1. The number of nitrogens with zero attached hydrogens (tertiary/aromatic N) is 3. The molecule has 2 rings (SSSR count). The Morgan fingerprint density at radius 1 is 1.47 bits per heavy atom. The molecule has 2 heterocycles. The Labute approximate surface area is 98.8 Å². The minimum absolute atomic E-state index is 0.438. The molecular weight excluding hydrogens is 218 g/mol. The summed E-state index contributed by atoms with van der Waals surface area (Å²) in [5.41, 5.74) is 6.12. The van der Waals surface area contributed by atoms with Crippen LogP contribution >= 0.6 is 0 Å². The van der Waals surface area contributed by atoms with E-state index in [2.05, 4.69) is 15.3 Å². The average molecular weight is 233 g/mol. The van der Waals surface area contributed by atoms with Gasteiger partial charge in [-0.2, -0.15) is 0 Å². The van der Waals surface area contributed by atoms with E-state index < -0.39 is 11.4 Å². The molecular formula is C11H15N5O. The van der Waals surface area contributed by atoms with Gasteiger partial charge in [0.25, 0.3) is 0 Å². The molecule has 0 aliphatic carbocycles. The summed E-state index contributed by atoms with van der Waals surface area (Å²) in [6, 6.07) is 1.87. The highest BCUT2D eigenvalue weighted by molar-refractivity contribution is 5.91. The van der Waals surface area contributed by atoms with Gasteiger partial charge in [-0.3, -0.25) is 4.79 Å². The molecule has 0 saturated carbocycles. The van der Waals surface area contributed by atoms with Crippen LogP contribution in [0.5, 0.6) is 0 Å². The largest absolute Gasteiger partial charge is 0.368 e. The summed E-state index contributed by atoms with van der Waals surface area (Å²) >= 11 is 0. The molecule has 0 unspecified atom stereocenters. The first-order valence-electron chi connectivity index (χ1n) is 5.26. The molecule has 0 spiro atoms. The third-order valence-electron chi connectivity index (χ3n) is 2.69. The number of aryl methyl sites for hydroxylation is 1. The monoisotopic (exact) mass is 233 g/mol. The minimum Gasteiger partial charge on any atom is -0.368 e. The summed E-state index contributed by atoms with van der Waals surface area (Å²) < 4.78 is 1.89. The van der Waals surface area contributed by atoms with Crippen LogP contribution in [0.3, 0.4) is 0 Å². The van der Waals surface area contributed by atoms with Crippen LogP contribution in [-0.2, 0) is 11.8 Å². The first-order chi connectivity index (χ1) is 7.92. The molecule has 90 valence electrons. The standard InChI is InChI=1S/C11H15N5O/c1-11(2,10(12)17)15-9-8-7(4-5-13-9)16(3)6-14-8/h4-6H,1-3H3,(H2,12,17)(H,13,15). The molecule has 0 aliphatic rings. The molecule has 0 aliphatic heterocycles. The lowest BCUT2D eigenvalue weighted by atomic mass is 10.1. The number of primary amides is 1. The lowest BCUT2D eigenvalue weighted by Crippen LogP contribution is -2.45. The van der Waals surface area contributed by atoms with E-state index >= 15 is 0 Å². The van der Waals surface area contributed by atoms with Gasteiger partial charge in [0.05, 0.1) is 11.8 Å². The molecule has 3 N–H and O–H groups in total. The molecule has 0 bridgehead atoms. The first kappa shape index (κ1) is 11.4. The van der Waals surface area contributed by atoms with Gasteiger partial charge in [-0.25, -0.2) is 9.97 Å². The lowest BCUT2D eigenvalue weighted by Gasteiger charge is -2.22. The second kappa shape index (κ2) is 3.73. The SMILES string of the molecule is Cn1cnc2c(NC(C)(C)C(N)=O)nccc21. The molecule has 0 fully saturated rings. The van der Waals surface area contributed by atoms with Crippen LogP contribution in [0, 0.1) is 0 Å². The van der Waals surface area contributed by atoms with Crippen LogP contribution in [0.4, 0.5) is 5.82 Å². The Morgan fingerprint density at radius 2 is 2.18 bits per heavy atom. The molecule has 1 amide bonds. The summed E-state index contributed by atoms with van der Waals surface area (Å²) in [4.78, 5) is 19.7. The predicted molar refractivity (Wildman–Crippen MR) is 65.4 cm³/mol. The highest BCUT2D eigenvalue weighted by atomic mass is 16.1. The second-order valence-electron chi connectivity index (χ2n) is 4.50. The lowest BCUT2D eigenvalue weighted by molar-refractivity contribution is -0.121. The van der Waals surface area contributed by atoms with E-state index in [1.165, 1.54) is 0 Å². The highest BCUT2D eigenvalue weighted by Gasteiger charge is 2.26. The number of carbonyl (C=O) groups is 1. The molecule has 2 aromatic heterocycles. The summed E-state index contributed by atoms with van der Waals surface area (Å²) in [5.74, 6) is 0.124. The fourth-order valence-corrected chi connectivity index (χ4v) is 1.51. The van der Waals surface area contributed by atoms with Crippen LogP contribution in [-0.4, -0.2) is 26.0 Å². The molecule has 0 aromatic carbocycles. The quantitative estimate of drug-likeness (QED) is 0.814. The summed E-state index contributed by atoms with van der Waals surface area (Å²) in [5, 5.41) is 3.01. The number of anilines is 1. The van der Waals surface area contributed by atoms with E-state index in [0.29, 0.717) is 5.82 Å². The van der Waals surface area contributed by atoms with Crippen molar-refractivity contribution in [2.24, 2.45) is 12.8 Å². The molecule has 0 saturated heterocycles. The number of carbonyl (C=O) groups excluding carboxylic acids is 1. The Bertz CT molecular complexity index is 572. The number of imidazole rings is 1. The van der Waals surface area contributed by atoms with Gasteiger partial charge >= 0.3 is 0 Å². The number of hydrogen-bond donors (Lipinski definition) is 2. The minimum atomic E-state index is -0.862. The van der Waals surface area contributed by atoms with Crippen molar-refractivity contribution in [2.75, 3.05) is 5.32 Å². The number of nitrogens with one attached hydrogen (secondary N) is 1. The van der Waals surface area contributed by atoms with Crippen LogP contribution in [0.2, 0.25) is 0 Å². The Morgan fingerprint density at radius 3 is 2.82 bits per heavy atom. The number of amides is 1. The van der Waals surface area contributed by atoms with Gasteiger partial charge in [0.2, 0.25) is 5.91 Å². The summed E-state index contributed by atoms with van der Waals surface area (Å²) in [6.07, 6.45) is 3.37. The van der Waals surface area contributed by atoms with E-state index in [0.717, 1.165) is 11.0 Å². The molecule has 6 nitrogen and oxygen atoms in total. The van der Waals surface area contributed by atoms with Gasteiger partial charge in [-0.1, -0.05) is 0 Å². The normalized spacial score (nSPS) is 11.7. The number of nitrogens with two attached hydrogens (primary N) is 1. The van der Waals surface area contributed by atoms with Crippen LogP contribution in [0.1, 0.15) is 13.8 Å². The molecule has 17 heavy (non-hydrogen) atoms. The van der Waals surface area contributed by atoms with E-state index in [-0.39, 0.29) is 0 Å². The van der Waals surface area contributed by atoms with Gasteiger partial charge in [0, 0.05) is 13.2 Å². The predicted octanol–water partition coefficient (Wildman–Crippen LogP) is 0.644. The van der Waals surface area contributed by atoms with Gasteiger partial charge < -0.3 is 15.6 Å². The van der Waals surface area contributed by atoms with Crippen molar-refractivity contribution in [3.05, 3.63) is 18.6 Å². The Balaban J connectivity index is 2.46. The molecule has 2 aromatic rings. The van der Waals surface area contributed by atoms with Gasteiger partial charge in [0.1, 0.15) is 11.1 Å². The zero-order valence-electron chi connectivity index (χ0n) is 10.1. The maximum Gasteiger partial charge on any atom is 0.242 e. The maximum absolute atomic E-state index is 11.3. The topological polar surface area (TPSA) is 85.8 Å². The van der Waals surface area contributed by atoms with Crippen molar-refractivity contribution in [3.63, 3.8) is 0 Å². The summed E-state index contributed by atoms with van der Waals surface area (Å²) in [7, 11) is 1.90. The molecule has 6 heteroatoms. The Kier molecular flexibility index (Phi) is 2.49. The van der Waals surface area contributed by atoms with E-state index in [1.54, 1.807) is 26.4 Å². The number of hydrogen-bond acceptors (Lipinski definition) is 4. The Hall–Kier alpha value is -2.11. The van der Waals surface area contributed by atoms with E-state index in [9.17, 15) is 4.79 Å². The zero-order chi connectivity index (χ0) is 12.6. The van der Waals surface area contributed by atoms with E-state index in [4.69, 9.17) is 5.73 Å². The maximum atomic E-state index is 11.3. The van der Waals surface area contributed by atoms with Crippen LogP contribution in [0.15, 0.2) is 18.6 Å². The third kappa shape index (κ3) is 1.93. The third-order valence-corrected chi connectivity index (χ3v) is 2.69. The second-order valence-corrected chi connectivity index (χ2v) is 4.50. The van der Waals surface area contributed by atoms with Crippen LogP contribution < -0.4 is 11.1 Å². The van der Waals surface area contributed by atoms with Crippen molar-refractivity contribution < 1.29 is 4.79 Å². The fourth-order valence-electron chi connectivity index (χ4n) is 1.51. The van der Waals surface area contributed by atoms with Gasteiger partial charge in [0.15, 0.2) is 5.82 Å². The number of fused-ring (bicyclic) bond motifs is 1. The van der Waals surface area contributed by atoms with Gasteiger partial charge in [-0.15, -0.1) is 0 Å². The number of aromatic nitrogens is 3. The van der Waals surface area contributed by atoms with Crippen molar-refractivity contribution >= 4 is 22.8 Å². The van der Waals surface area contributed by atoms with Crippen molar-refractivity contribution in [3.8, 4) is 0 Å². The first-order valence-corrected chi connectivity index (χ1v) is 5.26.